The van der Waals surface area contributed by atoms with Crippen LogP contribution < -0.4 is 0 Å². The molecule has 0 aliphatic carbocycles. The number of carbonyl (C=O) groups is 1. The lowest BCUT2D eigenvalue weighted by molar-refractivity contribution is -0.130. The molecule has 0 N–H and O–H groups in total. The topological polar surface area (TPSA) is 23.6 Å². The Hall–Kier alpha value is -1.42. The zero-order chi connectivity index (χ0) is 16.8. The van der Waals surface area contributed by atoms with Gasteiger partial charge in [-0.05, 0) is 62.6 Å². The van der Waals surface area contributed by atoms with E-state index in [1.54, 1.807) is 12.1 Å². The monoisotopic (exact) mass is 332 g/mol. The molecule has 0 aromatic heterocycles. The maximum Gasteiger partial charge on any atom is 0.223 e. The summed E-state index contributed by atoms with van der Waals surface area (Å²) >= 11 is 0. The lowest BCUT2D eigenvalue weighted by atomic mass is 9.91. The van der Waals surface area contributed by atoms with E-state index in [0.717, 1.165) is 64.0 Å². The van der Waals surface area contributed by atoms with E-state index in [0.29, 0.717) is 18.2 Å². The van der Waals surface area contributed by atoms with Gasteiger partial charge in [-0.15, -0.1) is 0 Å². The van der Waals surface area contributed by atoms with Gasteiger partial charge in [0.05, 0.1) is 0 Å². The standard InChI is InChI=1S/C20H29FN2O/c21-19-8-2-1-7-18(19)10-9-17-6-5-12-22(16-17)15-11-20(24)23-13-3-4-14-23/h1-2,7-8,17H,3-6,9-16H2/t17-/m1/s1. The van der Waals surface area contributed by atoms with Gasteiger partial charge in [0.1, 0.15) is 5.82 Å². The number of nitrogens with zero attached hydrogens (tertiary/aromatic N) is 2. The number of likely N-dealkylation sites (tertiary alicyclic amines) is 2. The highest BCUT2D eigenvalue weighted by molar-refractivity contribution is 5.76. The first kappa shape index (κ1) is 17.4. The Balaban J connectivity index is 1.41. The van der Waals surface area contributed by atoms with Gasteiger partial charge in [0.2, 0.25) is 5.91 Å². The van der Waals surface area contributed by atoms with E-state index in [9.17, 15) is 9.18 Å². The van der Waals surface area contributed by atoms with Gasteiger partial charge in [0.25, 0.3) is 0 Å². The molecule has 0 unspecified atom stereocenters. The maximum atomic E-state index is 13.7. The molecular weight excluding hydrogens is 303 g/mol. The average Bonchev–Trinajstić information content (AvgIpc) is 3.14. The smallest absolute Gasteiger partial charge is 0.223 e. The fourth-order valence-electron chi connectivity index (χ4n) is 4.03. The summed E-state index contributed by atoms with van der Waals surface area (Å²) in [5.41, 5.74) is 0.832. The van der Waals surface area contributed by atoms with Crippen molar-refractivity contribution in [2.24, 2.45) is 5.92 Å². The zero-order valence-electron chi connectivity index (χ0n) is 14.6. The van der Waals surface area contributed by atoms with E-state index in [4.69, 9.17) is 0 Å². The number of halogens is 1. The van der Waals surface area contributed by atoms with Crippen molar-refractivity contribution >= 4 is 5.91 Å². The Morgan fingerprint density at radius 3 is 2.71 bits per heavy atom. The van der Waals surface area contributed by atoms with Crippen molar-refractivity contribution in [2.75, 3.05) is 32.7 Å². The predicted octanol–water partition coefficient (Wildman–Crippen LogP) is 3.48. The Labute approximate surface area is 144 Å². The molecule has 1 amide bonds. The first-order valence-corrected chi connectivity index (χ1v) is 9.46. The van der Waals surface area contributed by atoms with Crippen molar-refractivity contribution in [3.8, 4) is 0 Å². The second-order valence-electron chi connectivity index (χ2n) is 7.28. The molecule has 4 heteroatoms. The molecular formula is C20H29FN2O. The zero-order valence-corrected chi connectivity index (χ0v) is 14.6. The number of rotatable bonds is 6. The molecule has 2 fully saturated rings. The van der Waals surface area contributed by atoms with E-state index in [1.165, 1.54) is 12.8 Å². The third-order valence-corrected chi connectivity index (χ3v) is 5.48. The second-order valence-corrected chi connectivity index (χ2v) is 7.28. The number of hydrogen-bond donors (Lipinski definition) is 0. The van der Waals surface area contributed by atoms with E-state index < -0.39 is 0 Å². The van der Waals surface area contributed by atoms with Crippen LogP contribution in [-0.4, -0.2) is 48.4 Å². The lowest BCUT2D eigenvalue weighted by Gasteiger charge is -2.33. The minimum absolute atomic E-state index is 0.0821. The number of piperidine rings is 1. The summed E-state index contributed by atoms with van der Waals surface area (Å²) in [5.74, 6) is 0.864. The van der Waals surface area contributed by atoms with Gasteiger partial charge in [-0.25, -0.2) is 4.39 Å². The number of amides is 1. The molecule has 3 rings (SSSR count). The maximum absolute atomic E-state index is 13.7. The predicted molar refractivity (Wildman–Crippen MR) is 94.3 cm³/mol. The van der Waals surface area contributed by atoms with E-state index in [1.807, 2.05) is 17.0 Å². The molecule has 2 aliphatic rings. The van der Waals surface area contributed by atoms with E-state index in [-0.39, 0.29) is 5.82 Å². The summed E-state index contributed by atoms with van der Waals surface area (Å²) in [6.45, 7) is 4.94. The summed E-state index contributed by atoms with van der Waals surface area (Å²) in [7, 11) is 0. The SMILES string of the molecule is O=C(CCN1CCC[C@H](CCc2ccccc2F)C1)N1CCCC1. The van der Waals surface area contributed by atoms with Crippen molar-refractivity contribution in [3.05, 3.63) is 35.6 Å². The summed E-state index contributed by atoms with van der Waals surface area (Å²) in [5, 5.41) is 0. The molecule has 2 aliphatic heterocycles. The van der Waals surface area contributed by atoms with Gasteiger partial charge in [-0.2, -0.15) is 0 Å². The van der Waals surface area contributed by atoms with Crippen LogP contribution in [0.15, 0.2) is 24.3 Å². The van der Waals surface area contributed by atoms with Gasteiger partial charge in [0, 0.05) is 32.6 Å². The molecule has 0 spiro atoms. The first-order chi connectivity index (χ1) is 11.7. The van der Waals surface area contributed by atoms with Gasteiger partial charge in [0.15, 0.2) is 0 Å². The largest absolute Gasteiger partial charge is 0.343 e. The molecule has 132 valence electrons. The van der Waals surface area contributed by atoms with Gasteiger partial charge >= 0.3 is 0 Å². The summed E-state index contributed by atoms with van der Waals surface area (Å²) in [6, 6.07) is 7.10. The molecule has 1 aromatic rings. The van der Waals surface area contributed by atoms with Crippen LogP contribution in [0.5, 0.6) is 0 Å². The Morgan fingerprint density at radius 1 is 1.12 bits per heavy atom. The second kappa shape index (κ2) is 8.61. The third kappa shape index (κ3) is 4.79. The Morgan fingerprint density at radius 2 is 1.92 bits per heavy atom. The van der Waals surface area contributed by atoms with Crippen molar-refractivity contribution in [3.63, 3.8) is 0 Å². The van der Waals surface area contributed by atoms with Crippen LogP contribution in [0.3, 0.4) is 0 Å². The summed E-state index contributed by atoms with van der Waals surface area (Å²) in [4.78, 5) is 16.6. The molecule has 1 aromatic carbocycles. The number of carbonyl (C=O) groups excluding carboxylic acids is 1. The van der Waals surface area contributed by atoms with Crippen molar-refractivity contribution in [1.82, 2.24) is 9.80 Å². The highest BCUT2D eigenvalue weighted by Gasteiger charge is 2.22. The molecule has 0 radical (unpaired) electrons. The van der Waals surface area contributed by atoms with Crippen LogP contribution in [0.1, 0.15) is 44.1 Å². The van der Waals surface area contributed by atoms with Crippen LogP contribution in [0.2, 0.25) is 0 Å². The fourth-order valence-corrected chi connectivity index (χ4v) is 4.03. The molecule has 0 bridgehead atoms. The van der Waals surface area contributed by atoms with E-state index >= 15 is 0 Å². The molecule has 3 nitrogen and oxygen atoms in total. The fraction of sp³-hybridized carbons (Fsp3) is 0.650. The van der Waals surface area contributed by atoms with Crippen LogP contribution in [0.4, 0.5) is 4.39 Å². The Kier molecular flexibility index (Phi) is 6.24. The Bertz CT molecular complexity index is 542. The number of aryl methyl sites for hydroxylation is 1. The van der Waals surface area contributed by atoms with Crippen LogP contribution in [0.25, 0.3) is 0 Å². The minimum Gasteiger partial charge on any atom is -0.343 e. The number of hydrogen-bond acceptors (Lipinski definition) is 2. The molecule has 2 saturated heterocycles. The first-order valence-electron chi connectivity index (χ1n) is 9.46. The van der Waals surface area contributed by atoms with Gasteiger partial charge in [-0.1, -0.05) is 18.2 Å². The third-order valence-electron chi connectivity index (χ3n) is 5.48. The van der Waals surface area contributed by atoms with Gasteiger partial charge in [-0.3, -0.25) is 4.79 Å². The molecule has 0 saturated carbocycles. The van der Waals surface area contributed by atoms with E-state index in [2.05, 4.69) is 4.90 Å². The summed E-state index contributed by atoms with van der Waals surface area (Å²) < 4.78 is 13.7. The molecule has 24 heavy (non-hydrogen) atoms. The van der Waals surface area contributed by atoms with Crippen LogP contribution in [-0.2, 0) is 11.2 Å². The number of benzene rings is 1. The minimum atomic E-state index is -0.0821. The molecule has 2 heterocycles. The average molecular weight is 332 g/mol. The summed E-state index contributed by atoms with van der Waals surface area (Å²) in [6.07, 6.45) is 7.25. The molecule has 1 atom stereocenters. The van der Waals surface area contributed by atoms with Crippen molar-refractivity contribution < 1.29 is 9.18 Å². The van der Waals surface area contributed by atoms with Crippen molar-refractivity contribution in [2.45, 2.75) is 44.9 Å². The lowest BCUT2D eigenvalue weighted by Crippen LogP contribution is -2.38. The van der Waals surface area contributed by atoms with Crippen LogP contribution >= 0.6 is 0 Å². The highest BCUT2D eigenvalue weighted by atomic mass is 19.1. The van der Waals surface area contributed by atoms with Crippen molar-refractivity contribution in [1.29, 1.82) is 0 Å². The van der Waals surface area contributed by atoms with Gasteiger partial charge < -0.3 is 9.80 Å². The van der Waals surface area contributed by atoms with Crippen LogP contribution in [0, 0.1) is 11.7 Å². The normalized spacial score (nSPS) is 22.0. The highest BCUT2D eigenvalue weighted by Crippen LogP contribution is 2.22. The quantitative estimate of drug-likeness (QED) is 0.796.